The molecule has 1 aromatic heterocycles. The zero-order valence-electron chi connectivity index (χ0n) is 13.6. The number of anilines is 1. The number of nitrogens with zero attached hydrogens (tertiary/aromatic N) is 2. The van der Waals surface area contributed by atoms with Crippen molar-refractivity contribution in [3.05, 3.63) is 36.5 Å². The van der Waals surface area contributed by atoms with Crippen molar-refractivity contribution in [1.82, 2.24) is 15.1 Å². The van der Waals surface area contributed by atoms with E-state index in [0.717, 1.165) is 0 Å². The number of hydrogen-bond donors (Lipinski definition) is 2. The third-order valence-corrected chi connectivity index (χ3v) is 5.18. The molecule has 1 heterocycles. The number of hydrogen-bond acceptors (Lipinski definition) is 4. The van der Waals surface area contributed by atoms with Gasteiger partial charge in [-0.25, -0.2) is 17.9 Å². The fraction of sp³-hybridized carbons (Fsp3) is 0.375. The Bertz CT molecular complexity index is 849. The minimum absolute atomic E-state index is 0. The second-order valence-corrected chi connectivity index (χ2v) is 8.15. The van der Waals surface area contributed by atoms with Crippen LogP contribution < -0.4 is 10.6 Å². The Morgan fingerprint density at radius 3 is 2.54 bits per heavy atom. The van der Waals surface area contributed by atoms with Crippen LogP contribution in [-0.4, -0.2) is 36.5 Å². The molecule has 1 atom stereocenters. The van der Waals surface area contributed by atoms with E-state index in [1.54, 1.807) is 29.1 Å². The van der Waals surface area contributed by atoms with Gasteiger partial charge in [-0.1, -0.05) is 0 Å². The van der Waals surface area contributed by atoms with Crippen molar-refractivity contribution < 1.29 is 16.1 Å². The summed E-state index contributed by atoms with van der Waals surface area (Å²) in [4.78, 5) is 12.2. The van der Waals surface area contributed by atoms with Gasteiger partial charge in [-0.3, -0.25) is 5.32 Å². The quantitative estimate of drug-likeness (QED) is 0.865. The van der Waals surface area contributed by atoms with Crippen molar-refractivity contribution in [2.75, 3.05) is 11.6 Å². The molecule has 7 nitrogen and oxygen atoms in total. The standard InChI is InChI=1S/C16H20N4O3S.2H2/c1-11(12-3-4-12)17-16(21)18-15-9-10-20(19-15)13-5-7-14(8-6-13)24(2,22)23;;/h5-12H,3-4H2,1-2H3,(H2,17,18,19,21);2*1H/t11-;;/m0../s1. The Labute approximate surface area is 144 Å². The Kier molecular flexibility index (Phi) is 4.31. The molecule has 0 saturated heterocycles. The van der Waals surface area contributed by atoms with Gasteiger partial charge < -0.3 is 5.32 Å². The second kappa shape index (κ2) is 6.27. The van der Waals surface area contributed by atoms with E-state index in [-0.39, 0.29) is 19.8 Å². The molecule has 2 N–H and O–H groups in total. The summed E-state index contributed by atoms with van der Waals surface area (Å²) in [5.41, 5.74) is 0.710. The number of nitrogens with one attached hydrogen (secondary N) is 2. The first-order chi connectivity index (χ1) is 11.3. The van der Waals surface area contributed by atoms with Crippen LogP contribution in [0.5, 0.6) is 0 Å². The molecule has 132 valence electrons. The second-order valence-electron chi connectivity index (χ2n) is 6.14. The van der Waals surface area contributed by atoms with Crippen molar-refractivity contribution >= 4 is 21.7 Å². The van der Waals surface area contributed by atoms with Crippen LogP contribution in [0.3, 0.4) is 0 Å². The van der Waals surface area contributed by atoms with Crippen molar-refractivity contribution in [1.29, 1.82) is 0 Å². The SMILES string of the molecule is C[C@H](NC(=O)Nc1ccn(-c2ccc(S(C)(=O)=O)cc2)n1)C1CC1.[HH].[HH]. The van der Waals surface area contributed by atoms with E-state index in [1.165, 1.54) is 31.2 Å². The number of sulfone groups is 1. The van der Waals surface area contributed by atoms with Gasteiger partial charge in [-0.05, 0) is 49.9 Å². The van der Waals surface area contributed by atoms with E-state index >= 15 is 0 Å². The number of amides is 2. The highest BCUT2D eigenvalue weighted by Crippen LogP contribution is 2.32. The summed E-state index contributed by atoms with van der Waals surface area (Å²) < 4.78 is 24.5. The van der Waals surface area contributed by atoms with Crippen molar-refractivity contribution in [2.45, 2.75) is 30.7 Å². The normalized spacial score (nSPS) is 15.8. The molecule has 0 radical (unpaired) electrons. The van der Waals surface area contributed by atoms with Crippen molar-refractivity contribution in [3.8, 4) is 5.69 Å². The summed E-state index contributed by atoms with van der Waals surface area (Å²) >= 11 is 0. The van der Waals surface area contributed by atoms with Gasteiger partial charge in [0.25, 0.3) is 0 Å². The number of carbonyl (C=O) groups excluding carboxylic acids is 1. The molecule has 0 spiro atoms. The fourth-order valence-electron chi connectivity index (χ4n) is 2.45. The Morgan fingerprint density at radius 2 is 1.96 bits per heavy atom. The first kappa shape index (κ1) is 16.5. The summed E-state index contributed by atoms with van der Waals surface area (Å²) in [5.74, 6) is 1.02. The van der Waals surface area contributed by atoms with Crippen LogP contribution >= 0.6 is 0 Å². The largest absolute Gasteiger partial charge is 0.335 e. The van der Waals surface area contributed by atoms with Crippen LogP contribution in [0.4, 0.5) is 10.6 Å². The molecule has 0 bridgehead atoms. The lowest BCUT2D eigenvalue weighted by atomic mass is 10.2. The molecule has 3 rings (SSSR count). The summed E-state index contributed by atoms with van der Waals surface area (Å²) in [7, 11) is -3.22. The van der Waals surface area contributed by atoms with Crippen LogP contribution in [0.15, 0.2) is 41.4 Å². The molecule has 2 aromatic rings. The van der Waals surface area contributed by atoms with Crippen LogP contribution in [0.2, 0.25) is 0 Å². The number of benzene rings is 1. The zero-order chi connectivity index (χ0) is 17.3. The van der Waals surface area contributed by atoms with Crippen molar-refractivity contribution in [3.63, 3.8) is 0 Å². The van der Waals surface area contributed by atoms with Crippen molar-refractivity contribution in [2.24, 2.45) is 5.92 Å². The van der Waals surface area contributed by atoms with E-state index in [9.17, 15) is 13.2 Å². The monoisotopic (exact) mass is 352 g/mol. The molecule has 1 aromatic carbocycles. The van der Waals surface area contributed by atoms with Gasteiger partial charge in [0.2, 0.25) is 0 Å². The maximum Gasteiger partial charge on any atom is 0.320 e. The number of urea groups is 1. The average molecular weight is 352 g/mol. The maximum atomic E-state index is 11.9. The van der Waals surface area contributed by atoms with E-state index in [4.69, 9.17) is 0 Å². The highest BCUT2D eigenvalue weighted by atomic mass is 32.2. The predicted octanol–water partition coefficient (Wildman–Crippen LogP) is 2.69. The molecule has 1 saturated carbocycles. The lowest BCUT2D eigenvalue weighted by molar-refractivity contribution is 0.248. The number of carbonyl (C=O) groups is 1. The lowest BCUT2D eigenvalue weighted by Crippen LogP contribution is -2.37. The summed E-state index contributed by atoms with van der Waals surface area (Å²) in [6, 6.07) is 7.98. The minimum Gasteiger partial charge on any atom is -0.335 e. The first-order valence-electron chi connectivity index (χ1n) is 7.76. The van der Waals surface area contributed by atoms with Gasteiger partial charge in [0.05, 0.1) is 10.6 Å². The lowest BCUT2D eigenvalue weighted by Gasteiger charge is -2.12. The van der Waals surface area contributed by atoms with E-state index < -0.39 is 9.84 Å². The van der Waals surface area contributed by atoms with Crippen LogP contribution in [0.25, 0.3) is 5.69 Å². The highest BCUT2D eigenvalue weighted by Gasteiger charge is 2.28. The summed E-state index contributed by atoms with van der Waals surface area (Å²) in [6.45, 7) is 2.00. The average Bonchev–Trinajstić information content (AvgIpc) is 3.27. The molecular formula is C16H24N4O3S. The molecule has 0 aliphatic heterocycles. The Balaban J connectivity index is 0.00000169. The fourth-order valence-corrected chi connectivity index (χ4v) is 3.08. The summed E-state index contributed by atoms with van der Waals surface area (Å²) in [5, 5.41) is 9.88. The first-order valence-corrected chi connectivity index (χ1v) is 9.66. The molecular weight excluding hydrogens is 328 g/mol. The molecule has 8 heteroatoms. The van der Waals surface area contributed by atoms with Gasteiger partial charge in [0, 0.05) is 27.4 Å². The van der Waals surface area contributed by atoms with E-state index in [2.05, 4.69) is 15.7 Å². The maximum absolute atomic E-state index is 11.9. The molecule has 24 heavy (non-hydrogen) atoms. The van der Waals surface area contributed by atoms with Gasteiger partial charge in [0.15, 0.2) is 15.7 Å². The Morgan fingerprint density at radius 1 is 1.29 bits per heavy atom. The number of aromatic nitrogens is 2. The van der Waals surface area contributed by atoms with Crippen LogP contribution in [0.1, 0.15) is 22.6 Å². The molecule has 0 unspecified atom stereocenters. The molecule has 1 aliphatic carbocycles. The Hall–Kier alpha value is -2.35. The van der Waals surface area contributed by atoms with Gasteiger partial charge in [-0.2, -0.15) is 0 Å². The molecule has 1 fully saturated rings. The van der Waals surface area contributed by atoms with Crippen LogP contribution in [0, 0.1) is 5.92 Å². The highest BCUT2D eigenvalue weighted by molar-refractivity contribution is 7.90. The topological polar surface area (TPSA) is 93.1 Å². The molecule has 2 amide bonds. The predicted molar refractivity (Wildman–Crippen MR) is 95.2 cm³/mol. The number of rotatable bonds is 5. The van der Waals surface area contributed by atoms with Gasteiger partial charge in [-0.15, -0.1) is 5.10 Å². The third-order valence-electron chi connectivity index (χ3n) is 4.05. The third kappa shape index (κ3) is 3.94. The van der Waals surface area contributed by atoms with Crippen LogP contribution in [-0.2, 0) is 9.84 Å². The summed E-state index contributed by atoms with van der Waals surface area (Å²) in [6.07, 6.45) is 5.20. The zero-order valence-corrected chi connectivity index (χ0v) is 14.4. The van der Waals surface area contributed by atoms with Gasteiger partial charge >= 0.3 is 6.03 Å². The van der Waals surface area contributed by atoms with Gasteiger partial charge in [0.1, 0.15) is 0 Å². The van der Waals surface area contributed by atoms with E-state index in [0.29, 0.717) is 17.4 Å². The van der Waals surface area contributed by atoms with E-state index in [1.807, 2.05) is 6.92 Å². The molecule has 1 aliphatic rings. The minimum atomic E-state index is -3.22. The smallest absolute Gasteiger partial charge is 0.320 e.